The molecule has 0 spiro atoms. The van der Waals surface area contributed by atoms with Crippen LogP contribution in [-0.2, 0) is 6.54 Å². The Morgan fingerprint density at radius 3 is 2.65 bits per heavy atom. The molecule has 0 amide bonds. The van der Waals surface area contributed by atoms with Crippen LogP contribution in [0.3, 0.4) is 0 Å². The van der Waals surface area contributed by atoms with Gasteiger partial charge in [-0.15, -0.1) is 0 Å². The van der Waals surface area contributed by atoms with E-state index in [-0.39, 0.29) is 0 Å². The highest BCUT2D eigenvalue weighted by atomic mass is 32.1. The molecule has 2 aliphatic heterocycles. The number of ether oxygens (including phenoxy) is 2. The first-order valence-electron chi connectivity index (χ1n) is 8.91. The van der Waals surface area contributed by atoms with E-state index in [0.29, 0.717) is 6.79 Å². The number of thiocarbonyl (C=S) groups is 1. The number of nitrogens with one attached hydrogen (secondary N) is 1. The summed E-state index contributed by atoms with van der Waals surface area (Å²) < 4.78 is 10.8. The lowest BCUT2D eigenvalue weighted by Crippen LogP contribution is -2.49. The molecule has 5 nitrogen and oxygen atoms in total. The van der Waals surface area contributed by atoms with E-state index in [2.05, 4.69) is 52.4 Å². The van der Waals surface area contributed by atoms with Gasteiger partial charge in [0.15, 0.2) is 16.6 Å². The number of benzene rings is 2. The van der Waals surface area contributed by atoms with Gasteiger partial charge in [-0.05, 0) is 54.5 Å². The summed E-state index contributed by atoms with van der Waals surface area (Å²) in [5.74, 6) is 1.69. The SMILES string of the molecule is Cc1cccc(NC(=S)N2CCN(Cc3ccc4c(c3)OCO4)CC2)c1. The van der Waals surface area contributed by atoms with Crippen LogP contribution in [-0.4, -0.2) is 47.9 Å². The summed E-state index contributed by atoms with van der Waals surface area (Å²) in [6.07, 6.45) is 0. The third kappa shape index (κ3) is 3.92. The van der Waals surface area contributed by atoms with Crippen molar-refractivity contribution in [2.45, 2.75) is 13.5 Å². The van der Waals surface area contributed by atoms with Crippen LogP contribution in [0.25, 0.3) is 0 Å². The predicted octanol–water partition coefficient (Wildman–Crippen LogP) is 3.24. The van der Waals surface area contributed by atoms with Gasteiger partial charge in [0, 0.05) is 38.4 Å². The Hall–Kier alpha value is -2.31. The first kappa shape index (κ1) is 17.1. The van der Waals surface area contributed by atoms with Gasteiger partial charge in [-0.3, -0.25) is 4.90 Å². The van der Waals surface area contributed by atoms with Crippen molar-refractivity contribution in [1.29, 1.82) is 0 Å². The second-order valence-electron chi connectivity index (χ2n) is 6.75. The van der Waals surface area contributed by atoms with Crippen LogP contribution in [0, 0.1) is 6.92 Å². The summed E-state index contributed by atoms with van der Waals surface area (Å²) >= 11 is 5.59. The second-order valence-corrected chi connectivity index (χ2v) is 7.14. The van der Waals surface area contributed by atoms with Crippen LogP contribution in [0.15, 0.2) is 42.5 Å². The monoisotopic (exact) mass is 369 g/mol. The molecule has 0 aromatic heterocycles. The third-order valence-electron chi connectivity index (χ3n) is 4.77. The van der Waals surface area contributed by atoms with E-state index in [1.807, 2.05) is 12.1 Å². The molecule has 2 heterocycles. The van der Waals surface area contributed by atoms with E-state index in [9.17, 15) is 0 Å². The molecule has 0 radical (unpaired) electrons. The van der Waals surface area contributed by atoms with Gasteiger partial charge >= 0.3 is 0 Å². The van der Waals surface area contributed by atoms with Crippen molar-refractivity contribution in [3.8, 4) is 11.5 Å². The molecule has 1 fully saturated rings. The van der Waals surface area contributed by atoms with E-state index in [1.54, 1.807) is 0 Å². The average Bonchev–Trinajstić information content (AvgIpc) is 3.10. The maximum Gasteiger partial charge on any atom is 0.231 e. The smallest absolute Gasteiger partial charge is 0.231 e. The molecule has 136 valence electrons. The van der Waals surface area contributed by atoms with Gasteiger partial charge in [0.05, 0.1) is 0 Å². The summed E-state index contributed by atoms with van der Waals surface area (Å²) in [5.41, 5.74) is 3.53. The third-order valence-corrected chi connectivity index (χ3v) is 5.13. The Morgan fingerprint density at radius 1 is 1.04 bits per heavy atom. The van der Waals surface area contributed by atoms with Crippen molar-refractivity contribution in [3.63, 3.8) is 0 Å². The van der Waals surface area contributed by atoms with Gasteiger partial charge < -0.3 is 19.7 Å². The van der Waals surface area contributed by atoms with Crippen molar-refractivity contribution in [1.82, 2.24) is 9.80 Å². The van der Waals surface area contributed by atoms with Crippen molar-refractivity contribution >= 4 is 23.0 Å². The molecule has 6 heteroatoms. The van der Waals surface area contributed by atoms with Gasteiger partial charge in [-0.25, -0.2) is 0 Å². The topological polar surface area (TPSA) is 37.0 Å². The van der Waals surface area contributed by atoms with Gasteiger partial charge in [0.1, 0.15) is 0 Å². The molecule has 4 rings (SSSR count). The van der Waals surface area contributed by atoms with E-state index >= 15 is 0 Å². The van der Waals surface area contributed by atoms with E-state index in [4.69, 9.17) is 21.7 Å². The predicted molar refractivity (Wildman–Crippen MR) is 107 cm³/mol. The molecule has 2 aliphatic rings. The summed E-state index contributed by atoms with van der Waals surface area (Å²) in [5, 5.41) is 4.16. The summed E-state index contributed by atoms with van der Waals surface area (Å²) in [6.45, 7) is 7.17. The number of nitrogens with zero attached hydrogens (tertiary/aromatic N) is 2. The van der Waals surface area contributed by atoms with Crippen LogP contribution in [0.5, 0.6) is 11.5 Å². The molecule has 0 atom stereocenters. The lowest BCUT2D eigenvalue weighted by Gasteiger charge is -2.36. The fraction of sp³-hybridized carbons (Fsp3) is 0.350. The maximum atomic E-state index is 5.59. The van der Waals surface area contributed by atoms with E-state index in [0.717, 1.165) is 55.0 Å². The van der Waals surface area contributed by atoms with Gasteiger partial charge in [-0.1, -0.05) is 18.2 Å². The molecule has 1 saturated heterocycles. The Kier molecular flexibility index (Phi) is 4.95. The van der Waals surface area contributed by atoms with Crippen LogP contribution in [0.4, 0.5) is 5.69 Å². The average molecular weight is 369 g/mol. The molecular formula is C20H23N3O2S. The highest BCUT2D eigenvalue weighted by Crippen LogP contribution is 2.32. The first-order chi connectivity index (χ1) is 12.7. The molecule has 0 unspecified atom stereocenters. The number of hydrogen-bond donors (Lipinski definition) is 1. The Bertz CT molecular complexity index is 803. The number of rotatable bonds is 3. The minimum absolute atomic E-state index is 0.322. The fourth-order valence-electron chi connectivity index (χ4n) is 3.33. The maximum absolute atomic E-state index is 5.59. The molecule has 26 heavy (non-hydrogen) atoms. The minimum Gasteiger partial charge on any atom is -0.454 e. The largest absolute Gasteiger partial charge is 0.454 e. The van der Waals surface area contributed by atoms with Gasteiger partial charge in [-0.2, -0.15) is 0 Å². The van der Waals surface area contributed by atoms with Crippen LogP contribution in [0.1, 0.15) is 11.1 Å². The Labute approximate surface area is 159 Å². The molecule has 2 aromatic rings. The van der Waals surface area contributed by atoms with Gasteiger partial charge in [0.2, 0.25) is 6.79 Å². The summed E-state index contributed by atoms with van der Waals surface area (Å²) in [7, 11) is 0. The van der Waals surface area contributed by atoms with Crippen molar-refractivity contribution < 1.29 is 9.47 Å². The Morgan fingerprint density at radius 2 is 1.85 bits per heavy atom. The lowest BCUT2D eigenvalue weighted by atomic mass is 10.1. The minimum atomic E-state index is 0.322. The molecule has 0 saturated carbocycles. The zero-order valence-electron chi connectivity index (χ0n) is 14.9. The molecule has 2 aromatic carbocycles. The van der Waals surface area contributed by atoms with Crippen molar-refractivity contribution in [3.05, 3.63) is 53.6 Å². The van der Waals surface area contributed by atoms with Crippen LogP contribution >= 0.6 is 12.2 Å². The highest BCUT2D eigenvalue weighted by Gasteiger charge is 2.20. The number of aryl methyl sites for hydroxylation is 1. The van der Waals surface area contributed by atoms with Gasteiger partial charge in [0.25, 0.3) is 0 Å². The van der Waals surface area contributed by atoms with Crippen molar-refractivity contribution in [2.75, 3.05) is 38.3 Å². The molecular weight excluding hydrogens is 346 g/mol. The van der Waals surface area contributed by atoms with Crippen LogP contribution < -0.4 is 14.8 Å². The van der Waals surface area contributed by atoms with Crippen molar-refractivity contribution in [2.24, 2.45) is 0 Å². The number of fused-ring (bicyclic) bond motifs is 1. The molecule has 1 N–H and O–H groups in total. The fourth-order valence-corrected chi connectivity index (χ4v) is 3.63. The molecule has 0 bridgehead atoms. The quantitative estimate of drug-likeness (QED) is 0.837. The van der Waals surface area contributed by atoms with Crippen LogP contribution in [0.2, 0.25) is 0 Å². The number of hydrogen-bond acceptors (Lipinski definition) is 4. The summed E-state index contributed by atoms with van der Waals surface area (Å²) in [4.78, 5) is 4.69. The standard InChI is InChI=1S/C20H23N3O2S/c1-15-3-2-4-17(11-15)21-20(26)23-9-7-22(8-10-23)13-16-5-6-18-19(12-16)25-14-24-18/h2-6,11-12H,7-10,13-14H2,1H3,(H,21,26). The number of anilines is 1. The van der Waals surface area contributed by atoms with E-state index in [1.165, 1.54) is 11.1 Å². The Balaban J connectivity index is 1.29. The van der Waals surface area contributed by atoms with E-state index < -0.39 is 0 Å². The summed E-state index contributed by atoms with van der Waals surface area (Å²) in [6, 6.07) is 14.5. The normalized spacial score (nSPS) is 16.6. The molecule has 0 aliphatic carbocycles. The zero-order chi connectivity index (χ0) is 17.9. The number of piperazine rings is 1. The first-order valence-corrected chi connectivity index (χ1v) is 9.32. The zero-order valence-corrected chi connectivity index (χ0v) is 15.7. The highest BCUT2D eigenvalue weighted by molar-refractivity contribution is 7.80. The second kappa shape index (κ2) is 7.51. The lowest BCUT2D eigenvalue weighted by molar-refractivity contribution is 0.173.